The standard InChI is InChI=1S/C13H16N2O3S/c1-14-19(16,17)13-6-4-11(5-7-13)15-9-8-12-3-2-10-18-12/h2-7,10,14-15H,8-9H2,1H3. The minimum atomic E-state index is -3.36. The second-order valence-electron chi connectivity index (χ2n) is 3.99. The number of benzene rings is 1. The number of anilines is 1. The van der Waals surface area contributed by atoms with Gasteiger partial charge in [-0.3, -0.25) is 0 Å². The summed E-state index contributed by atoms with van der Waals surface area (Å²) in [5.41, 5.74) is 0.876. The zero-order chi connectivity index (χ0) is 13.7. The zero-order valence-electron chi connectivity index (χ0n) is 10.6. The monoisotopic (exact) mass is 280 g/mol. The summed E-state index contributed by atoms with van der Waals surface area (Å²) >= 11 is 0. The first-order chi connectivity index (χ1) is 9.12. The molecule has 5 nitrogen and oxygen atoms in total. The van der Waals surface area contributed by atoms with E-state index in [9.17, 15) is 8.42 Å². The molecule has 0 fully saturated rings. The van der Waals surface area contributed by atoms with Crippen LogP contribution in [0.5, 0.6) is 0 Å². The van der Waals surface area contributed by atoms with Crippen molar-refractivity contribution in [3.05, 3.63) is 48.4 Å². The minimum absolute atomic E-state index is 0.256. The summed E-state index contributed by atoms with van der Waals surface area (Å²) in [4.78, 5) is 0.256. The van der Waals surface area contributed by atoms with Gasteiger partial charge >= 0.3 is 0 Å². The maximum atomic E-state index is 11.5. The van der Waals surface area contributed by atoms with E-state index in [-0.39, 0.29) is 4.90 Å². The Hall–Kier alpha value is -1.79. The van der Waals surface area contributed by atoms with Crippen molar-refractivity contribution < 1.29 is 12.8 Å². The fourth-order valence-electron chi connectivity index (χ4n) is 1.65. The number of rotatable bonds is 6. The second-order valence-corrected chi connectivity index (χ2v) is 5.87. The van der Waals surface area contributed by atoms with E-state index < -0.39 is 10.0 Å². The van der Waals surface area contributed by atoms with Gasteiger partial charge in [0, 0.05) is 18.7 Å². The highest BCUT2D eigenvalue weighted by molar-refractivity contribution is 7.89. The van der Waals surface area contributed by atoms with Crippen LogP contribution in [0.3, 0.4) is 0 Å². The molecule has 1 aromatic heterocycles. The van der Waals surface area contributed by atoms with Crippen LogP contribution >= 0.6 is 0 Å². The van der Waals surface area contributed by atoms with Gasteiger partial charge in [0.05, 0.1) is 11.2 Å². The average Bonchev–Trinajstić information content (AvgIpc) is 2.92. The molecule has 0 saturated carbocycles. The third kappa shape index (κ3) is 3.59. The topological polar surface area (TPSA) is 71.3 Å². The normalized spacial score (nSPS) is 11.4. The van der Waals surface area contributed by atoms with Crippen molar-refractivity contribution in [2.75, 3.05) is 18.9 Å². The van der Waals surface area contributed by atoms with Crippen LogP contribution in [0.15, 0.2) is 52.0 Å². The van der Waals surface area contributed by atoms with Gasteiger partial charge in [-0.15, -0.1) is 0 Å². The van der Waals surface area contributed by atoms with Crippen LogP contribution in [0, 0.1) is 0 Å². The zero-order valence-corrected chi connectivity index (χ0v) is 11.4. The molecule has 102 valence electrons. The molecule has 2 rings (SSSR count). The van der Waals surface area contributed by atoms with Gasteiger partial charge in [0.2, 0.25) is 10.0 Å². The Bertz CT molecular complexity index is 604. The van der Waals surface area contributed by atoms with Gasteiger partial charge < -0.3 is 9.73 Å². The Morgan fingerprint density at radius 1 is 1.16 bits per heavy atom. The number of furan rings is 1. The lowest BCUT2D eigenvalue weighted by Crippen LogP contribution is -2.18. The van der Waals surface area contributed by atoms with E-state index in [0.717, 1.165) is 24.4 Å². The van der Waals surface area contributed by atoms with E-state index in [1.165, 1.54) is 7.05 Å². The van der Waals surface area contributed by atoms with Gasteiger partial charge in [-0.1, -0.05) is 0 Å². The van der Waals surface area contributed by atoms with Crippen molar-refractivity contribution in [2.45, 2.75) is 11.3 Å². The van der Waals surface area contributed by atoms with Crippen LogP contribution in [0.1, 0.15) is 5.76 Å². The molecule has 2 aromatic rings. The van der Waals surface area contributed by atoms with Gasteiger partial charge in [-0.2, -0.15) is 0 Å². The summed E-state index contributed by atoms with van der Waals surface area (Å²) in [6.45, 7) is 0.728. The van der Waals surface area contributed by atoms with Crippen LogP contribution in [0.2, 0.25) is 0 Å². The minimum Gasteiger partial charge on any atom is -0.469 e. The van der Waals surface area contributed by atoms with Crippen molar-refractivity contribution in [2.24, 2.45) is 0 Å². The van der Waals surface area contributed by atoms with Gasteiger partial charge in [0.15, 0.2) is 0 Å². The SMILES string of the molecule is CNS(=O)(=O)c1ccc(NCCc2ccco2)cc1. The highest BCUT2D eigenvalue weighted by Gasteiger charge is 2.10. The number of hydrogen-bond donors (Lipinski definition) is 2. The largest absolute Gasteiger partial charge is 0.469 e. The Kier molecular flexibility index (Phi) is 4.24. The molecule has 0 bridgehead atoms. The van der Waals surface area contributed by atoms with Gasteiger partial charge in [0.1, 0.15) is 5.76 Å². The first-order valence-electron chi connectivity index (χ1n) is 5.92. The number of hydrogen-bond acceptors (Lipinski definition) is 4. The van der Waals surface area contributed by atoms with E-state index in [4.69, 9.17) is 4.42 Å². The lowest BCUT2D eigenvalue weighted by molar-refractivity contribution is 0.513. The summed E-state index contributed by atoms with van der Waals surface area (Å²) in [6, 6.07) is 10.4. The Morgan fingerprint density at radius 3 is 2.47 bits per heavy atom. The molecule has 19 heavy (non-hydrogen) atoms. The van der Waals surface area contributed by atoms with Crippen LogP contribution < -0.4 is 10.0 Å². The first-order valence-corrected chi connectivity index (χ1v) is 7.40. The lowest BCUT2D eigenvalue weighted by Gasteiger charge is -2.07. The van der Waals surface area contributed by atoms with Crippen LogP contribution in [-0.4, -0.2) is 22.0 Å². The van der Waals surface area contributed by atoms with E-state index in [1.54, 1.807) is 30.5 Å². The molecule has 6 heteroatoms. The molecule has 2 N–H and O–H groups in total. The highest BCUT2D eigenvalue weighted by Crippen LogP contribution is 2.13. The lowest BCUT2D eigenvalue weighted by atomic mass is 10.3. The molecular formula is C13H16N2O3S. The summed E-state index contributed by atoms with van der Waals surface area (Å²) in [6.07, 6.45) is 2.43. The highest BCUT2D eigenvalue weighted by atomic mass is 32.2. The second kappa shape index (κ2) is 5.90. The predicted octanol–water partition coefficient (Wildman–Crippen LogP) is 1.84. The average molecular weight is 280 g/mol. The third-order valence-corrected chi connectivity index (χ3v) is 4.14. The molecule has 0 unspecified atom stereocenters. The first kappa shape index (κ1) is 13.6. The van der Waals surface area contributed by atoms with E-state index in [2.05, 4.69) is 10.0 Å². The third-order valence-electron chi connectivity index (χ3n) is 2.71. The van der Waals surface area contributed by atoms with Crippen molar-refractivity contribution in [3.8, 4) is 0 Å². The van der Waals surface area contributed by atoms with Crippen LogP contribution in [0.25, 0.3) is 0 Å². The number of nitrogens with one attached hydrogen (secondary N) is 2. The maximum absolute atomic E-state index is 11.5. The smallest absolute Gasteiger partial charge is 0.240 e. The van der Waals surface area contributed by atoms with Gasteiger partial charge in [-0.05, 0) is 43.4 Å². The molecule has 0 atom stereocenters. The van der Waals surface area contributed by atoms with E-state index >= 15 is 0 Å². The molecule has 0 radical (unpaired) electrons. The number of sulfonamides is 1. The van der Waals surface area contributed by atoms with Crippen LogP contribution in [0.4, 0.5) is 5.69 Å². The summed E-state index contributed by atoms with van der Waals surface area (Å²) in [5, 5.41) is 3.20. The van der Waals surface area contributed by atoms with Crippen LogP contribution in [-0.2, 0) is 16.4 Å². The predicted molar refractivity (Wildman–Crippen MR) is 73.6 cm³/mol. The summed E-state index contributed by atoms with van der Waals surface area (Å²) in [7, 11) is -1.97. The van der Waals surface area contributed by atoms with Crippen molar-refractivity contribution >= 4 is 15.7 Å². The molecule has 1 heterocycles. The van der Waals surface area contributed by atoms with Crippen molar-refractivity contribution in [1.29, 1.82) is 0 Å². The van der Waals surface area contributed by atoms with Gasteiger partial charge in [-0.25, -0.2) is 13.1 Å². The van der Waals surface area contributed by atoms with Crippen molar-refractivity contribution in [1.82, 2.24) is 4.72 Å². The molecular weight excluding hydrogens is 264 g/mol. The molecule has 0 spiro atoms. The van der Waals surface area contributed by atoms with E-state index in [1.807, 2.05) is 12.1 Å². The maximum Gasteiger partial charge on any atom is 0.240 e. The summed E-state index contributed by atoms with van der Waals surface area (Å²) in [5.74, 6) is 0.918. The molecule has 0 aliphatic carbocycles. The Labute approximate surface area is 112 Å². The Morgan fingerprint density at radius 2 is 1.89 bits per heavy atom. The van der Waals surface area contributed by atoms with Crippen molar-refractivity contribution in [3.63, 3.8) is 0 Å². The van der Waals surface area contributed by atoms with Gasteiger partial charge in [0.25, 0.3) is 0 Å². The molecule has 0 amide bonds. The molecule has 0 aliphatic rings. The van der Waals surface area contributed by atoms with E-state index in [0.29, 0.717) is 0 Å². The molecule has 0 saturated heterocycles. The quantitative estimate of drug-likeness (QED) is 0.847. The molecule has 0 aliphatic heterocycles. The summed E-state index contributed by atoms with van der Waals surface area (Å²) < 4.78 is 30.6. The Balaban J connectivity index is 1.92. The fraction of sp³-hybridized carbons (Fsp3) is 0.231. The molecule has 1 aromatic carbocycles. The fourth-order valence-corrected chi connectivity index (χ4v) is 2.38.